The predicted octanol–water partition coefficient (Wildman–Crippen LogP) is 2.85. The molecule has 2 aliphatic heterocycles. The summed E-state index contributed by atoms with van der Waals surface area (Å²) in [6.07, 6.45) is 3.38. The molecule has 86 valence electrons. The summed E-state index contributed by atoms with van der Waals surface area (Å²) in [5.41, 5.74) is 1.45. The van der Waals surface area contributed by atoms with Gasteiger partial charge in [0.05, 0.1) is 0 Å². The number of likely N-dealkylation sites (tertiary alicyclic amines) is 1. The highest BCUT2D eigenvalue weighted by Crippen LogP contribution is 2.41. The lowest BCUT2D eigenvalue weighted by Crippen LogP contribution is -2.45. The number of benzene rings is 1. The molecule has 1 fully saturated rings. The zero-order chi connectivity index (χ0) is 11.2. The summed E-state index contributed by atoms with van der Waals surface area (Å²) in [5, 5.41) is 0. The average Bonchev–Trinajstić information content (AvgIpc) is 2.60. The SMILES string of the molecule is CN1CCC2(CC1)Cc1cc(Br)ccc1O2. The summed E-state index contributed by atoms with van der Waals surface area (Å²) < 4.78 is 7.34. The molecule has 0 saturated carbocycles. The topological polar surface area (TPSA) is 12.5 Å². The molecule has 1 saturated heterocycles. The Morgan fingerprint density at radius 3 is 2.81 bits per heavy atom. The summed E-state index contributed by atoms with van der Waals surface area (Å²) in [5.74, 6) is 1.09. The molecule has 0 bridgehead atoms. The number of hydrogen-bond acceptors (Lipinski definition) is 2. The lowest BCUT2D eigenvalue weighted by Gasteiger charge is -2.37. The van der Waals surface area contributed by atoms with E-state index in [4.69, 9.17) is 4.74 Å². The molecule has 2 heterocycles. The van der Waals surface area contributed by atoms with Gasteiger partial charge in [-0.2, -0.15) is 0 Å². The van der Waals surface area contributed by atoms with Crippen molar-refractivity contribution in [2.45, 2.75) is 24.9 Å². The molecule has 0 radical (unpaired) electrons. The van der Waals surface area contributed by atoms with Gasteiger partial charge in [-0.25, -0.2) is 0 Å². The Morgan fingerprint density at radius 2 is 2.06 bits per heavy atom. The third-order valence-corrected chi connectivity index (χ3v) is 4.25. The first-order valence-corrected chi connectivity index (χ1v) is 6.62. The van der Waals surface area contributed by atoms with Gasteiger partial charge in [-0.15, -0.1) is 0 Å². The van der Waals surface area contributed by atoms with Crippen LogP contribution in [0.3, 0.4) is 0 Å². The maximum Gasteiger partial charge on any atom is 0.123 e. The van der Waals surface area contributed by atoms with E-state index in [2.05, 4.69) is 46.1 Å². The Hall–Kier alpha value is -0.540. The highest BCUT2D eigenvalue weighted by atomic mass is 79.9. The summed E-state index contributed by atoms with van der Waals surface area (Å²) in [4.78, 5) is 2.38. The Kier molecular flexibility index (Phi) is 2.48. The Bertz CT molecular complexity index is 410. The smallest absolute Gasteiger partial charge is 0.123 e. The standard InChI is InChI=1S/C13H16BrNO/c1-15-6-4-13(5-7-15)9-10-8-11(14)2-3-12(10)16-13/h2-3,8H,4-7,9H2,1H3. The molecule has 0 amide bonds. The number of halogens is 1. The fourth-order valence-corrected chi connectivity index (χ4v) is 3.12. The number of fused-ring (bicyclic) bond motifs is 1. The van der Waals surface area contributed by atoms with Crippen LogP contribution in [-0.2, 0) is 6.42 Å². The lowest BCUT2D eigenvalue weighted by atomic mass is 9.87. The summed E-state index contributed by atoms with van der Waals surface area (Å²) >= 11 is 3.52. The summed E-state index contributed by atoms with van der Waals surface area (Å²) in [6.45, 7) is 2.30. The van der Waals surface area contributed by atoms with Crippen molar-refractivity contribution >= 4 is 15.9 Å². The molecule has 1 spiro atoms. The highest BCUT2D eigenvalue weighted by Gasteiger charge is 2.41. The van der Waals surface area contributed by atoms with Gasteiger partial charge in [0.25, 0.3) is 0 Å². The average molecular weight is 282 g/mol. The van der Waals surface area contributed by atoms with Gasteiger partial charge in [-0.3, -0.25) is 0 Å². The Labute approximate surface area is 105 Å². The van der Waals surface area contributed by atoms with E-state index in [1.807, 2.05) is 0 Å². The maximum atomic E-state index is 6.19. The first-order valence-electron chi connectivity index (χ1n) is 5.83. The van der Waals surface area contributed by atoms with E-state index in [0.29, 0.717) is 0 Å². The Morgan fingerprint density at radius 1 is 1.31 bits per heavy atom. The first-order chi connectivity index (χ1) is 7.67. The molecule has 0 unspecified atom stereocenters. The minimum atomic E-state index is 0.0929. The van der Waals surface area contributed by atoms with Gasteiger partial charge in [0.15, 0.2) is 0 Å². The lowest BCUT2D eigenvalue weighted by molar-refractivity contribution is 0.0271. The second-order valence-corrected chi connectivity index (χ2v) is 5.93. The predicted molar refractivity (Wildman–Crippen MR) is 67.9 cm³/mol. The molecule has 0 N–H and O–H groups in total. The molecule has 16 heavy (non-hydrogen) atoms. The van der Waals surface area contributed by atoms with Crippen molar-refractivity contribution in [3.63, 3.8) is 0 Å². The Balaban J connectivity index is 1.84. The molecule has 2 nitrogen and oxygen atoms in total. The zero-order valence-corrected chi connectivity index (χ0v) is 11.1. The molecule has 1 aromatic rings. The van der Waals surface area contributed by atoms with Gasteiger partial charge in [0.1, 0.15) is 11.4 Å². The minimum Gasteiger partial charge on any atom is -0.487 e. The van der Waals surface area contributed by atoms with E-state index in [0.717, 1.165) is 42.6 Å². The van der Waals surface area contributed by atoms with Crippen LogP contribution in [0.1, 0.15) is 18.4 Å². The quantitative estimate of drug-likeness (QED) is 0.725. The highest BCUT2D eigenvalue weighted by molar-refractivity contribution is 9.10. The molecule has 0 atom stereocenters. The van der Waals surface area contributed by atoms with Crippen LogP contribution in [0.15, 0.2) is 22.7 Å². The number of piperidine rings is 1. The van der Waals surface area contributed by atoms with E-state index in [9.17, 15) is 0 Å². The van der Waals surface area contributed by atoms with Crippen molar-refractivity contribution in [1.82, 2.24) is 4.90 Å². The summed E-state index contributed by atoms with van der Waals surface area (Å²) in [6, 6.07) is 6.35. The van der Waals surface area contributed by atoms with Gasteiger partial charge in [-0.1, -0.05) is 15.9 Å². The van der Waals surface area contributed by atoms with E-state index in [1.165, 1.54) is 5.56 Å². The van der Waals surface area contributed by atoms with E-state index in [-0.39, 0.29) is 5.60 Å². The fourth-order valence-electron chi connectivity index (χ4n) is 2.71. The van der Waals surface area contributed by atoms with Crippen molar-refractivity contribution in [2.75, 3.05) is 20.1 Å². The van der Waals surface area contributed by atoms with Crippen molar-refractivity contribution in [2.24, 2.45) is 0 Å². The van der Waals surface area contributed by atoms with Crippen LogP contribution in [0.5, 0.6) is 5.75 Å². The van der Waals surface area contributed by atoms with Crippen LogP contribution in [0.25, 0.3) is 0 Å². The molecule has 0 aromatic heterocycles. The van der Waals surface area contributed by atoms with E-state index in [1.54, 1.807) is 0 Å². The van der Waals surface area contributed by atoms with Crippen LogP contribution >= 0.6 is 15.9 Å². The zero-order valence-electron chi connectivity index (χ0n) is 9.50. The number of nitrogens with zero attached hydrogens (tertiary/aromatic N) is 1. The van der Waals surface area contributed by atoms with Gasteiger partial charge in [0.2, 0.25) is 0 Å². The third-order valence-electron chi connectivity index (χ3n) is 3.76. The van der Waals surface area contributed by atoms with Gasteiger partial charge >= 0.3 is 0 Å². The largest absolute Gasteiger partial charge is 0.487 e. The molecule has 3 rings (SSSR count). The monoisotopic (exact) mass is 281 g/mol. The van der Waals surface area contributed by atoms with Gasteiger partial charge < -0.3 is 9.64 Å². The summed E-state index contributed by atoms with van der Waals surface area (Å²) in [7, 11) is 2.19. The minimum absolute atomic E-state index is 0.0929. The number of rotatable bonds is 0. The molecule has 0 aliphatic carbocycles. The number of hydrogen-bond donors (Lipinski definition) is 0. The van der Waals surface area contributed by atoms with Crippen LogP contribution in [0, 0.1) is 0 Å². The van der Waals surface area contributed by atoms with Crippen LogP contribution in [0.4, 0.5) is 0 Å². The van der Waals surface area contributed by atoms with Gasteiger partial charge in [0, 0.05) is 36.8 Å². The second kappa shape index (κ2) is 3.74. The fraction of sp³-hybridized carbons (Fsp3) is 0.538. The molecule has 2 aliphatic rings. The van der Waals surface area contributed by atoms with Gasteiger partial charge in [-0.05, 0) is 30.8 Å². The second-order valence-electron chi connectivity index (χ2n) is 5.02. The van der Waals surface area contributed by atoms with Crippen molar-refractivity contribution < 1.29 is 4.74 Å². The molecular formula is C13H16BrNO. The van der Waals surface area contributed by atoms with Crippen molar-refractivity contribution in [3.05, 3.63) is 28.2 Å². The molecule has 1 aromatic carbocycles. The van der Waals surface area contributed by atoms with Crippen LogP contribution < -0.4 is 4.74 Å². The van der Waals surface area contributed by atoms with Crippen molar-refractivity contribution in [3.8, 4) is 5.75 Å². The van der Waals surface area contributed by atoms with Crippen LogP contribution in [-0.4, -0.2) is 30.6 Å². The van der Waals surface area contributed by atoms with Crippen LogP contribution in [0.2, 0.25) is 0 Å². The van der Waals surface area contributed by atoms with E-state index >= 15 is 0 Å². The van der Waals surface area contributed by atoms with Crippen molar-refractivity contribution in [1.29, 1.82) is 0 Å². The molecular weight excluding hydrogens is 266 g/mol. The number of ether oxygens (including phenoxy) is 1. The third kappa shape index (κ3) is 1.76. The maximum absolute atomic E-state index is 6.19. The molecule has 3 heteroatoms. The van der Waals surface area contributed by atoms with E-state index < -0.39 is 0 Å². The normalized spacial score (nSPS) is 23.1. The first kappa shape index (κ1) is 10.6.